The Bertz CT molecular complexity index is 960. The Labute approximate surface area is 161 Å². The highest BCUT2D eigenvalue weighted by Gasteiger charge is 2.18. The fourth-order valence-corrected chi connectivity index (χ4v) is 3.50. The predicted molar refractivity (Wildman–Crippen MR) is 110 cm³/mol. The lowest BCUT2D eigenvalue weighted by atomic mass is 10.0. The SMILES string of the molecule is COCC(C)n1cc(C)c2nc(-c3ccc(C(C)C)nc3OC)c(C)cc21. The first-order valence-electron chi connectivity index (χ1n) is 9.40. The summed E-state index contributed by atoms with van der Waals surface area (Å²) in [6, 6.07) is 6.58. The van der Waals surface area contributed by atoms with Crippen molar-refractivity contribution >= 4 is 11.0 Å². The zero-order valence-electron chi connectivity index (χ0n) is 17.3. The smallest absolute Gasteiger partial charge is 0.222 e. The predicted octanol–water partition coefficient (Wildman–Crippen LogP) is 5.05. The van der Waals surface area contributed by atoms with Gasteiger partial charge in [0.25, 0.3) is 0 Å². The number of fused-ring (bicyclic) bond motifs is 1. The summed E-state index contributed by atoms with van der Waals surface area (Å²) in [7, 11) is 3.40. The van der Waals surface area contributed by atoms with E-state index >= 15 is 0 Å². The van der Waals surface area contributed by atoms with E-state index < -0.39 is 0 Å². The zero-order valence-corrected chi connectivity index (χ0v) is 17.3. The van der Waals surface area contributed by atoms with Crippen LogP contribution in [0.15, 0.2) is 24.4 Å². The third-order valence-corrected chi connectivity index (χ3v) is 4.98. The van der Waals surface area contributed by atoms with Crippen molar-refractivity contribution in [2.24, 2.45) is 0 Å². The van der Waals surface area contributed by atoms with E-state index in [9.17, 15) is 0 Å². The lowest BCUT2D eigenvalue weighted by Crippen LogP contribution is -2.10. The van der Waals surface area contributed by atoms with Gasteiger partial charge in [-0.05, 0) is 56.0 Å². The third-order valence-electron chi connectivity index (χ3n) is 4.98. The molecule has 0 amide bonds. The maximum atomic E-state index is 5.59. The summed E-state index contributed by atoms with van der Waals surface area (Å²) < 4.78 is 13.2. The number of rotatable bonds is 6. The second kappa shape index (κ2) is 7.69. The molecule has 0 aromatic carbocycles. The molecule has 0 saturated carbocycles. The number of aromatic nitrogens is 3. The van der Waals surface area contributed by atoms with E-state index in [0.717, 1.165) is 39.1 Å². The van der Waals surface area contributed by atoms with E-state index in [0.29, 0.717) is 18.4 Å². The summed E-state index contributed by atoms with van der Waals surface area (Å²) in [4.78, 5) is 9.69. The zero-order chi connectivity index (χ0) is 19.7. The van der Waals surface area contributed by atoms with Crippen molar-refractivity contribution in [3.63, 3.8) is 0 Å². The van der Waals surface area contributed by atoms with Crippen LogP contribution >= 0.6 is 0 Å². The molecule has 5 heteroatoms. The van der Waals surface area contributed by atoms with Crippen LogP contribution in [0.25, 0.3) is 22.3 Å². The van der Waals surface area contributed by atoms with Gasteiger partial charge in [-0.25, -0.2) is 9.97 Å². The van der Waals surface area contributed by atoms with Gasteiger partial charge >= 0.3 is 0 Å². The topological polar surface area (TPSA) is 49.2 Å². The number of methoxy groups -OCH3 is 2. The quantitative estimate of drug-likeness (QED) is 0.611. The largest absolute Gasteiger partial charge is 0.480 e. The second-order valence-corrected chi connectivity index (χ2v) is 7.49. The van der Waals surface area contributed by atoms with Crippen molar-refractivity contribution in [3.8, 4) is 17.1 Å². The number of hydrogen-bond acceptors (Lipinski definition) is 4. The molecule has 1 atom stereocenters. The van der Waals surface area contributed by atoms with E-state index in [1.165, 1.54) is 0 Å². The van der Waals surface area contributed by atoms with Crippen LogP contribution in [0, 0.1) is 13.8 Å². The first kappa shape index (κ1) is 19.4. The summed E-state index contributed by atoms with van der Waals surface area (Å²) in [5, 5.41) is 0. The van der Waals surface area contributed by atoms with Crippen LogP contribution in [0.4, 0.5) is 0 Å². The monoisotopic (exact) mass is 367 g/mol. The summed E-state index contributed by atoms with van der Waals surface area (Å²) >= 11 is 0. The molecular formula is C22H29N3O2. The molecular weight excluding hydrogens is 338 g/mol. The molecule has 3 aromatic heterocycles. The Morgan fingerprint density at radius 1 is 1.04 bits per heavy atom. The van der Waals surface area contributed by atoms with Crippen LogP contribution in [0.5, 0.6) is 5.88 Å². The van der Waals surface area contributed by atoms with Gasteiger partial charge in [0.1, 0.15) is 0 Å². The minimum Gasteiger partial charge on any atom is -0.480 e. The highest BCUT2D eigenvalue weighted by atomic mass is 16.5. The standard InChI is InChI=1S/C22H29N3O2/c1-13(2)18-9-8-17(22(23-18)27-7)20-14(3)10-19-21(24-20)15(4)11-25(19)16(5)12-26-6/h8-11,13,16H,12H2,1-7H3. The molecule has 27 heavy (non-hydrogen) atoms. The van der Waals surface area contributed by atoms with Gasteiger partial charge in [0.05, 0.1) is 42.0 Å². The highest BCUT2D eigenvalue weighted by Crippen LogP contribution is 2.34. The van der Waals surface area contributed by atoms with Gasteiger partial charge in [-0.3, -0.25) is 0 Å². The molecule has 0 saturated heterocycles. The van der Waals surface area contributed by atoms with Crippen molar-refractivity contribution in [2.45, 2.75) is 46.6 Å². The molecule has 0 bridgehead atoms. The third kappa shape index (κ3) is 3.56. The molecule has 3 rings (SSSR count). The van der Waals surface area contributed by atoms with Gasteiger partial charge in [0.15, 0.2) is 0 Å². The van der Waals surface area contributed by atoms with E-state index in [2.05, 4.69) is 68.6 Å². The van der Waals surface area contributed by atoms with Gasteiger partial charge in [-0.1, -0.05) is 13.8 Å². The highest BCUT2D eigenvalue weighted by molar-refractivity contribution is 5.85. The van der Waals surface area contributed by atoms with Crippen LogP contribution in [0.3, 0.4) is 0 Å². The number of ether oxygens (including phenoxy) is 2. The first-order valence-corrected chi connectivity index (χ1v) is 9.40. The van der Waals surface area contributed by atoms with Crippen molar-refractivity contribution in [3.05, 3.63) is 41.2 Å². The Kier molecular flexibility index (Phi) is 5.51. The van der Waals surface area contributed by atoms with E-state index in [1.807, 2.05) is 0 Å². The summed E-state index contributed by atoms with van der Waals surface area (Å²) in [5.41, 5.74) is 7.26. The summed E-state index contributed by atoms with van der Waals surface area (Å²) in [6.07, 6.45) is 2.15. The molecule has 1 unspecified atom stereocenters. The lowest BCUT2D eigenvalue weighted by Gasteiger charge is -2.16. The lowest BCUT2D eigenvalue weighted by molar-refractivity contribution is 0.164. The number of pyridine rings is 2. The minimum atomic E-state index is 0.250. The number of hydrogen-bond donors (Lipinski definition) is 0. The molecule has 0 N–H and O–H groups in total. The van der Waals surface area contributed by atoms with Gasteiger partial charge in [0.2, 0.25) is 5.88 Å². The molecule has 0 radical (unpaired) electrons. The van der Waals surface area contributed by atoms with Crippen molar-refractivity contribution in [2.75, 3.05) is 20.8 Å². The van der Waals surface area contributed by atoms with Crippen LogP contribution in [-0.4, -0.2) is 35.4 Å². The van der Waals surface area contributed by atoms with Crippen LogP contribution in [0.2, 0.25) is 0 Å². The van der Waals surface area contributed by atoms with Gasteiger partial charge in [-0.2, -0.15) is 0 Å². The Balaban J connectivity index is 2.17. The van der Waals surface area contributed by atoms with E-state index in [1.54, 1.807) is 14.2 Å². The number of nitrogens with zero attached hydrogens (tertiary/aromatic N) is 3. The Hall–Kier alpha value is -2.40. The van der Waals surface area contributed by atoms with Gasteiger partial charge in [-0.15, -0.1) is 0 Å². The normalized spacial score (nSPS) is 12.7. The Morgan fingerprint density at radius 3 is 2.41 bits per heavy atom. The fourth-order valence-electron chi connectivity index (χ4n) is 3.50. The van der Waals surface area contributed by atoms with Gasteiger partial charge < -0.3 is 14.0 Å². The van der Waals surface area contributed by atoms with Crippen LogP contribution in [-0.2, 0) is 4.74 Å². The van der Waals surface area contributed by atoms with E-state index in [-0.39, 0.29) is 6.04 Å². The average molecular weight is 367 g/mol. The summed E-state index contributed by atoms with van der Waals surface area (Å²) in [5.74, 6) is 0.976. The van der Waals surface area contributed by atoms with Crippen molar-refractivity contribution in [1.29, 1.82) is 0 Å². The molecule has 3 heterocycles. The minimum absolute atomic E-state index is 0.250. The first-order chi connectivity index (χ1) is 12.9. The van der Waals surface area contributed by atoms with Crippen molar-refractivity contribution < 1.29 is 9.47 Å². The molecule has 5 nitrogen and oxygen atoms in total. The van der Waals surface area contributed by atoms with E-state index in [4.69, 9.17) is 14.5 Å². The number of aryl methyl sites for hydroxylation is 2. The summed E-state index contributed by atoms with van der Waals surface area (Å²) in [6.45, 7) is 11.3. The molecule has 0 aliphatic heterocycles. The molecule has 0 spiro atoms. The van der Waals surface area contributed by atoms with Crippen molar-refractivity contribution in [1.82, 2.24) is 14.5 Å². The molecule has 0 fully saturated rings. The Morgan fingerprint density at radius 2 is 1.78 bits per heavy atom. The molecule has 0 aliphatic carbocycles. The second-order valence-electron chi connectivity index (χ2n) is 7.49. The molecule has 0 aliphatic rings. The maximum absolute atomic E-state index is 5.59. The van der Waals surface area contributed by atoms with Gasteiger partial charge in [0, 0.05) is 19.0 Å². The average Bonchev–Trinajstić information content (AvgIpc) is 2.96. The molecule has 3 aromatic rings. The fraction of sp³-hybridized carbons (Fsp3) is 0.455. The molecule has 144 valence electrons. The van der Waals surface area contributed by atoms with Crippen LogP contribution in [0.1, 0.15) is 49.6 Å². The maximum Gasteiger partial charge on any atom is 0.222 e. The van der Waals surface area contributed by atoms with Crippen LogP contribution < -0.4 is 4.74 Å².